The molecule has 0 saturated carbocycles. The minimum Gasteiger partial charge on any atom is -0.461 e. The molecular weight excluding hydrogens is 170 g/mol. The molecule has 0 aliphatic rings. The van der Waals surface area contributed by atoms with Gasteiger partial charge in [0.1, 0.15) is 6.26 Å². The first-order chi connectivity index (χ1) is 5.24. The molecule has 0 radical (unpaired) electrons. The molecule has 1 rings (SSSR count). The third-order valence-corrected chi connectivity index (χ3v) is 1.13. The molecule has 5 heteroatoms. The van der Waals surface area contributed by atoms with Crippen LogP contribution in [0.25, 0.3) is 0 Å². The zero-order valence-electron chi connectivity index (χ0n) is 5.83. The van der Waals surface area contributed by atoms with Gasteiger partial charge in [0.2, 0.25) is 0 Å². The standard InChI is InChI=1S/C6H6ClNO3/c1-2-10-5(9)4-3-11-6(7)8-4/h3H,2H2,1H3. The zero-order valence-corrected chi connectivity index (χ0v) is 6.59. The predicted octanol–water partition coefficient (Wildman–Crippen LogP) is 1.50. The highest BCUT2D eigenvalue weighted by Crippen LogP contribution is 2.07. The molecule has 1 aromatic rings. The van der Waals surface area contributed by atoms with Crippen LogP contribution in [0.1, 0.15) is 17.4 Å². The topological polar surface area (TPSA) is 52.3 Å². The maximum Gasteiger partial charge on any atom is 0.360 e. The van der Waals surface area contributed by atoms with Crippen LogP contribution in [0.4, 0.5) is 0 Å². The van der Waals surface area contributed by atoms with Crippen molar-refractivity contribution in [2.45, 2.75) is 6.92 Å². The Morgan fingerprint density at radius 2 is 2.64 bits per heavy atom. The van der Waals surface area contributed by atoms with E-state index in [9.17, 15) is 4.79 Å². The van der Waals surface area contributed by atoms with E-state index in [0.29, 0.717) is 6.61 Å². The van der Waals surface area contributed by atoms with Crippen molar-refractivity contribution in [3.8, 4) is 0 Å². The smallest absolute Gasteiger partial charge is 0.360 e. The fourth-order valence-electron chi connectivity index (χ4n) is 0.551. The maximum absolute atomic E-state index is 10.9. The van der Waals surface area contributed by atoms with Crippen LogP contribution >= 0.6 is 11.6 Å². The summed E-state index contributed by atoms with van der Waals surface area (Å²) in [4.78, 5) is 14.4. The first-order valence-corrected chi connectivity index (χ1v) is 3.40. The van der Waals surface area contributed by atoms with Crippen LogP contribution in [0, 0.1) is 0 Å². The van der Waals surface area contributed by atoms with Crippen molar-refractivity contribution in [1.82, 2.24) is 4.98 Å². The number of carbonyl (C=O) groups is 1. The number of ether oxygens (including phenoxy) is 1. The van der Waals surface area contributed by atoms with E-state index < -0.39 is 5.97 Å². The van der Waals surface area contributed by atoms with E-state index in [4.69, 9.17) is 11.6 Å². The number of aromatic nitrogens is 1. The molecule has 0 amide bonds. The first kappa shape index (κ1) is 8.07. The summed E-state index contributed by atoms with van der Waals surface area (Å²) in [5.74, 6) is -0.525. The molecule has 11 heavy (non-hydrogen) atoms. The number of nitrogens with zero attached hydrogens (tertiary/aromatic N) is 1. The quantitative estimate of drug-likeness (QED) is 0.640. The van der Waals surface area contributed by atoms with Crippen LogP contribution in [0.5, 0.6) is 0 Å². The van der Waals surface area contributed by atoms with Crippen LogP contribution in [-0.4, -0.2) is 17.6 Å². The van der Waals surface area contributed by atoms with Gasteiger partial charge in [-0.15, -0.1) is 0 Å². The summed E-state index contributed by atoms with van der Waals surface area (Å²) >= 11 is 5.32. The molecule has 4 nitrogen and oxygen atoms in total. The molecule has 0 aliphatic heterocycles. The summed E-state index contributed by atoms with van der Waals surface area (Å²) in [6.45, 7) is 2.02. The van der Waals surface area contributed by atoms with Gasteiger partial charge >= 0.3 is 5.97 Å². The highest BCUT2D eigenvalue weighted by atomic mass is 35.5. The number of esters is 1. The predicted molar refractivity (Wildman–Crippen MR) is 37.5 cm³/mol. The van der Waals surface area contributed by atoms with Gasteiger partial charge in [-0.2, -0.15) is 4.98 Å². The van der Waals surface area contributed by atoms with E-state index in [1.54, 1.807) is 6.92 Å². The highest BCUT2D eigenvalue weighted by molar-refractivity contribution is 6.27. The number of hydrogen-bond donors (Lipinski definition) is 0. The average molecular weight is 176 g/mol. The minimum atomic E-state index is -0.525. The number of rotatable bonds is 2. The highest BCUT2D eigenvalue weighted by Gasteiger charge is 2.11. The molecule has 0 fully saturated rings. The number of oxazole rings is 1. The maximum atomic E-state index is 10.9. The zero-order chi connectivity index (χ0) is 8.27. The molecule has 0 unspecified atom stereocenters. The Kier molecular flexibility index (Phi) is 2.48. The van der Waals surface area contributed by atoms with Crippen LogP contribution < -0.4 is 0 Å². The van der Waals surface area contributed by atoms with Gasteiger partial charge in [-0.1, -0.05) is 0 Å². The molecular formula is C6H6ClNO3. The van der Waals surface area contributed by atoms with Gasteiger partial charge in [-0.3, -0.25) is 0 Å². The summed E-state index contributed by atoms with van der Waals surface area (Å²) < 4.78 is 9.21. The fraction of sp³-hybridized carbons (Fsp3) is 0.333. The molecule has 0 saturated heterocycles. The second kappa shape index (κ2) is 3.39. The van der Waals surface area contributed by atoms with Gasteiger partial charge in [0, 0.05) is 0 Å². The lowest BCUT2D eigenvalue weighted by Crippen LogP contribution is -2.04. The van der Waals surface area contributed by atoms with E-state index in [2.05, 4.69) is 14.1 Å². The molecule has 0 aliphatic carbocycles. The molecule has 60 valence electrons. The summed E-state index contributed by atoms with van der Waals surface area (Å²) in [7, 11) is 0. The van der Waals surface area contributed by atoms with Crippen LogP contribution in [0.2, 0.25) is 5.35 Å². The summed E-state index contributed by atoms with van der Waals surface area (Å²) in [6.07, 6.45) is 1.15. The lowest BCUT2D eigenvalue weighted by atomic mass is 10.5. The van der Waals surface area contributed by atoms with Gasteiger partial charge in [0.25, 0.3) is 5.35 Å². The van der Waals surface area contributed by atoms with Gasteiger partial charge in [-0.25, -0.2) is 4.79 Å². The normalized spacial score (nSPS) is 9.64. The molecule has 0 N–H and O–H groups in total. The van der Waals surface area contributed by atoms with Gasteiger partial charge in [0.15, 0.2) is 5.69 Å². The van der Waals surface area contributed by atoms with E-state index in [1.807, 2.05) is 0 Å². The number of hydrogen-bond acceptors (Lipinski definition) is 4. The molecule has 0 spiro atoms. The first-order valence-electron chi connectivity index (χ1n) is 3.02. The third-order valence-electron chi connectivity index (χ3n) is 0.961. The van der Waals surface area contributed by atoms with E-state index in [1.165, 1.54) is 0 Å². The molecule has 0 atom stereocenters. The van der Waals surface area contributed by atoms with Crippen molar-refractivity contribution in [2.75, 3.05) is 6.61 Å². The largest absolute Gasteiger partial charge is 0.461 e. The Balaban J connectivity index is 2.69. The van der Waals surface area contributed by atoms with Crippen molar-refractivity contribution in [3.63, 3.8) is 0 Å². The number of carbonyl (C=O) groups excluding carboxylic acids is 1. The van der Waals surface area contributed by atoms with Gasteiger partial charge in [-0.05, 0) is 18.5 Å². The molecule has 0 bridgehead atoms. The summed E-state index contributed by atoms with van der Waals surface area (Å²) in [5, 5.41) is -0.0620. The monoisotopic (exact) mass is 175 g/mol. The SMILES string of the molecule is CCOC(=O)c1coc(Cl)n1. The fourth-order valence-corrected chi connectivity index (χ4v) is 0.686. The lowest BCUT2D eigenvalue weighted by Gasteiger charge is -1.94. The average Bonchev–Trinajstić information content (AvgIpc) is 2.36. The second-order valence-corrected chi connectivity index (χ2v) is 2.03. The molecule has 0 aromatic carbocycles. The Hall–Kier alpha value is -1.03. The summed E-state index contributed by atoms with van der Waals surface area (Å²) in [6, 6.07) is 0. The van der Waals surface area contributed by atoms with Gasteiger partial charge in [0.05, 0.1) is 6.61 Å². The van der Waals surface area contributed by atoms with Crippen LogP contribution in [-0.2, 0) is 4.74 Å². The number of halogens is 1. The van der Waals surface area contributed by atoms with Crippen molar-refractivity contribution >= 4 is 17.6 Å². The van der Waals surface area contributed by atoms with Crippen molar-refractivity contribution in [1.29, 1.82) is 0 Å². The lowest BCUT2D eigenvalue weighted by molar-refractivity contribution is 0.0519. The van der Waals surface area contributed by atoms with Crippen molar-refractivity contribution in [3.05, 3.63) is 17.3 Å². The van der Waals surface area contributed by atoms with Crippen LogP contribution in [0.15, 0.2) is 10.7 Å². The van der Waals surface area contributed by atoms with E-state index >= 15 is 0 Å². The Labute approximate surface area is 68.1 Å². The Morgan fingerprint density at radius 3 is 3.09 bits per heavy atom. The molecule has 1 aromatic heterocycles. The van der Waals surface area contributed by atoms with Crippen molar-refractivity contribution in [2.24, 2.45) is 0 Å². The second-order valence-electron chi connectivity index (χ2n) is 1.71. The Bertz CT molecular complexity index is 258. The molecule has 1 heterocycles. The van der Waals surface area contributed by atoms with E-state index in [-0.39, 0.29) is 11.0 Å². The Morgan fingerprint density at radius 1 is 1.91 bits per heavy atom. The third kappa shape index (κ3) is 1.94. The van der Waals surface area contributed by atoms with E-state index in [0.717, 1.165) is 6.26 Å². The summed E-state index contributed by atoms with van der Waals surface area (Å²) in [5.41, 5.74) is 0.0943. The van der Waals surface area contributed by atoms with Crippen LogP contribution in [0.3, 0.4) is 0 Å². The van der Waals surface area contributed by atoms with Crippen molar-refractivity contribution < 1.29 is 13.9 Å². The van der Waals surface area contributed by atoms with Gasteiger partial charge < -0.3 is 9.15 Å². The minimum absolute atomic E-state index is 0.0620.